The summed E-state index contributed by atoms with van der Waals surface area (Å²) in [4.78, 5) is 0. The number of unbranched alkanes of at least 4 members (excludes halogenated alkanes) is 12. The molecular weight excluding hydrogens is 388 g/mol. The average Bonchev–Trinajstić information content (AvgIpc) is 2.80. The lowest BCUT2D eigenvalue weighted by Gasteiger charge is -2.22. The van der Waals surface area contributed by atoms with Gasteiger partial charge in [0.15, 0.2) is 8.07 Å². The van der Waals surface area contributed by atoms with E-state index >= 15 is 0 Å². The van der Waals surface area contributed by atoms with Crippen molar-refractivity contribution in [3.63, 3.8) is 0 Å². The van der Waals surface area contributed by atoms with Crippen molar-refractivity contribution in [1.29, 1.82) is 0 Å². The van der Waals surface area contributed by atoms with E-state index in [0.717, 1.165) is 0 Å². The molecule has 0 aliphatic heterocycles. The summed E-state index contributed by atoms with van der Waals surface area (Å²) in [5.74, 6) is 0. The van der Waals surface area contributed by atoms with Crippen molar-refractivity contribution in [2.75, 3.05) is 0 Å². The van der Waals surface area contributed by atoms with Crippen LogP contribution in [-0.2, 0) is 0 Å². The van der Waals surface area contributed by atoms with E-state index in [1.165, 1.54) is 101 Å². The lowest BCUT2D eigenvalue weighted by Crippen LogP contribution is -2.43. The Morgan fingerprint density at radius 3 is 1.26 bits per heavy atom. The lowest BCUT2D eigenvalue weighted by molar-refractivity contribution is 0.674. The second kappa shape index (κ2) is 19.4. The maximum absolute atomic E-state index is 2.61. The van der Waals surface area contributed by atoms with Crippen LogP contribution >= 0.6 is 0 Å². The molecule has 0 atom stereocenters. The van der Waals surface area contributed by atoms with Crippen LogP contribution in [0.15, 0.2) is 65.7 Å². The topological polar surface area (TPSA) is 0 Å². The molecule has 0 aliphatic rings. The molecule has 0 N–H and O–H groups in total. The Bertz CT molecular complexity index is 541. The van der Waals surface area contributed by atoms with Crippen LogP contribution in [0.2, 0.25) is 0 Å². The van der Waals surface area contributed by atoms with E-state index < -0.39 is 8.07 Å². The molecule has 0 radical (unpaired) electrons. The highest BCUT2D eigenvalue weighted by Gasteiger charge is 2.26. The fourth-order valence-corrected chi connectivity index (χ4v) is 7.43. The highest BCUT2D eigenvalue weighted by atomic mass is 28.3. The van der Waals surface area contributed by atoms with Gasteiger partial charge in [0.25, 0.3) is 0 Å². The summed E-state index contributed by atoms with van der Waals surface area (Å²) >= 11 is 0. The zero-order valence-corrected chi connectivity index (χ0v) is 22.0. The zero-order chi connectivity index (χ0) is 22.5. The molecule has 0 aromatic heterocycles. The summed E-state index contributed by atoms with van der Waals surface area (Å²) < 4.78 is 0. The first-order valence-electron chi connectivity index (χ1n) is 13.4. The Morgan fingerprint density at radius 2 is 0.903 bits per heavy atom. The van der Waals surface area contributed by atoms with Crippen LogP contribution in [0.3, 0.4) is 0 Å². The van der Waals surface area contributed by atoms with E-state index in [1.54, 1.807) is 0 Å². The fraction of sp³-hybridized carbons (Fsp3) is 0.600. The summed E-state index contributed by atoms with van der Waals surface area (Å²) in [6.45, 7) is 6.87. The molecule has 1 rings (SSSR count). The number of rotatable bonds is 19. The van der Waals surface area contributed by atoms with Crippen molar-refractivity contribution < 1.29 is 0 Å². The summed E-state index contributed by atoms with van der Waals surface area (Å²) in [6.07, 6.45) is 27.2. The summed E-state index contributed by atoms with van der Waals surface area (Å²) in [5, 5.41) is 1.52. The van der Waals surface area contributed by atoms with Crippen molar-refractivity contribution in [3.05, 3.63) is 65.7 Å². The summed E-state index contributed by atoms with van der Waals surface area (Å²) in [6, 6.07) is 11.3. The smallest absolute Gasteiger partial charge is 0.0914 e. The van der Waals surface area contributed by atoms with Gasteiger partial charge >= 0.3 is 0 Å². The molecule has 0 heterocycles. The van der Waals surface area contributed by atoms with Crippen LogP contribution in [0.4, 0.5) is 0 Å². The Balaban J connectivity index is 2.97. The molecule has 0 bridgehead atoms. The van der Waals surface area contributed by atoms with Gasteiger partial charge in [-0.1, -0.05) is 144 Å². The monoisotopic (exact) mass is 438 g/mol. The van der Waals surface area contributed by atoms with Crippen LogP contribution in [0.1, 0.15) is 117 Å². The maximum Gasteiger partial charge on any atom is 0.156 e. The predicted octanol–water partition coefficient (Wildman–Crippen LogP) is 9.54. The average molecular weight is 439 g/mol. The standard InChI is InChI=1S/C30H50Si/c1-4-7-10-13-16-22-27-31(30-25-20-19-21-26-30,28-23-17-14-11-8-5-2)29-24-18-15-12-9-6-3/h19-29H,4-18H2,1-3H3/b27-22+,28-23+,29-24+. The number of hydrogen-bond donors (Lipinski definition) is 0. The third-order valence-electron chi connectivity index (χ3n) is 6.13. The van der Waals surface area contributed by atoms with Crippen molar-refractivity contribution in [1.82, 2.24) is 0 Å². The van der Waals surface area contributed by atoms with Crippen LogP contribution in [0.5, 0.6) is 0 Å². The number of allylic oxidation sites excluding steroid dienone is 3. The molecule has 0 nitrogen and oxygen atoms in total. The summed E-state index contributed by atoms with van der Waals surface area (Å²) in [5.41, 5.74) is 7.83. The van der Waals surface area contributed by atoms with Gasteiger partial charge in [-0.3, -0.25) is 0 Å². The molecule has 0 saturated heterocycles. The Labute approximate surface area is 196 Å². The highest BCUT2D eigenvalue weighted by molar-refractivity contribution is 7.03. The Kier molecular flexibility index (Phi) is 17.3. The number of benzene rings is 1. The molecule has 0 saturated carbocycles. The van der Waals surface area contributed by atoms with Gasteiger partial charge in [-0.05, 0) is 43.7 Å². The molecule has 0 fully saturated rings. The molecule has 1 aromatic rings. The van der Waals surface area contributed by atoms with E-state index in [1.807, 2.05) is 0 Å². The van der Waals surface area contributed by atoms with E-state index in [-0.39, 0.29) is 0 Å². The lowest BCUT2D eigenvalue weighted by atomic mass is 10.2. The molecule has 1 aromatic carbocycles. The third kappa shape index (κ3) is 12.9. The van der Waals surface area contributed by atoms with Gasteiger partial charge < -0.3 is 0 Å². The van der Waals surface area contributed by atoms with Gasteiger partial charge in [-0.2, -0.15) is 0 Å². The molecule has 0 unspecified atom stereocenters. The van der Waals surface area contributed by atoms with Crippen LogP contribution in [0.25, 0.3) is 0 Å². The Hall–Kier alpha value is -1.34. The predicted molar refractivity (Wildman–Crippen MR) is 146 cm³/mol. The minimum Gasteiger partial charge on any atom is -0.0914 e. The van der Waals surface area contributed by atoms with E-state index in [2.05, 4.69) is 86.4 Å². The second-order valence-electron chi connectivity index (χ2n) is 9.05. The van der Waals surface area contributed by atoms with Crippen LogP contribution in [0, 0.1) is 0 Å². The fourth-order valence-electron chi connectivity index (χ4n) is 4.08. The van der Waals surface area contributed by atoms with Crippen LogP contribution in [-0.4, -0.2) is 8.07 Å². The third-order valence-corrected chi connectivity index (χ3v) is 9.82. The van der Waals surface area contributed by atoms with Gasteiger partial charge in [-0.25, -0.2) is 0 Å². The molecule has 1 heteroatoms. The van der Waals surface area contributed by atoms with Crippen molar-refractivity contribution in [3.8, 4) is 0 Å². The minimum atomic E-state index is -1.92. The summed E-state index contributed by atoms with van der Waals surface area (Å²) in [7, 11) is -1.92. The Morgan fingerprint density at radius 1 is 0.516 bits per heavy atom. The van der Waals surface area contributed by atoms with Gasteiger partial charge in [0.2, 0.25) is 0 Å². The van der Waals surface area contributed by atoms with E-state index in [4.69, 9.17) is 0 Å². The van der Waals surface area contributed by atoms with Crippen molar-refractivity contribution in [2.24, 2.45) is 0 Å². The van der Waals surface area contributed by atoms with Gasteiger partial charge in [0, 0.05) is 0 Å². The SMILES string of the molecule is CCCCCC/C=C/[Si](/C=C/CCCCCC)(/C=C/CCCCCC)c1ccccc1. The molecule has 0 amide bonds. The van der Waals surface area contributed by atoms with E-state index in [0.29, 0.717) is 0 Å². The first-order chi connectivity index (χ1) is 15.3. The largest absolute Gasteiger partial charge is 0.156 e. The highest BCUT2D eigenvalue weighted by Crippen LogP contribution is 2.16. The first kappa shape index (κ1) is 27.7. The normalized spacial score (nSPS) is 12.6. The van der Waals surface area contributed by atoms with Gasteiger partial charge in [-0.15, -0.1) is 0 Å². The van der Waals surface area contributed by atoms with Gasteiger partial charge in [0.1, 0.15) is 0 Å². The maximum atomic E-state index is 2.61. The molecular formula is C30H50Si. The molecule has 0 aliphatic carbocycles. The quantitative estimate of drug-likeness (QED) is 0.149. The first-order valence-corrected chi connectivity index (χ1v) is 15.6. The molecule has 174 valence electrons. The molecule has 0 spiro atoms. The molecule has 31 heavy (non-hydrogen) atoms. The second-order valence-corrected chi connectivity index (χ2v) is 12.5. The number of hydrogen-bond acceptors (Lipinski definition) is 0. The zero-order valence-electron chi connectivity index (χ0n) is 21.0. The van der Waals surface area contributed by atoms with Crippen LogP contribution < -0.4 is 5.19 Å². The van der Waals surface area contributed by atoms with Crippen molar-refractivity contribution >= 4 is 13.3 Å². The van der Waals surface area contributed by atoms with Crippen molar-refractivity contribution in [2.45, 2.75) is 117 Å². The van der Waals surface area contributed by atoms with Gasteiger partial charge in [0.05, 0.1) is 0 Å². The van der Waals surface area contributed by atoms with E-state index in [9.17, 15) is 0 Å². The minimum absolute atomic E-state index is 1.22.